The molecule has 3 atom stereocenters. The number of terminal acetylenes is 1. The number of hydrogen-bond donors (Lipinski definition) is 1. The van der Waals surface area contributed by atoms with E-state index in [1.165, 1.54) is 0 Å². The molecule has 1 N–H and O–H groups in total. The van der Waals surface area contributed by atoms with Gasteiger partial charge in [-0.25, -0.2) is 9.28 Å². The lowest BCUT2D eigenvalue weighted by Crippen LogP contribution is -2.65. The van der Waals surface area contributed by atoms with Crippen LogP contribution in [0.15, 0.2) is 0 Å². The third-order valence-corrected chi connectivity index (χ3v) is 4.87. The second kappa shape index (κ2) is 5.81. The van der Waals surface area contributed by atoms with Gasteiger partial charge in [0, 0.05) is 13.1 Å². The van der Waals surface area contributed by atoms with E-state index < -0.39 is 23.8 Å². The fourth-order valence-corrected chi connectivity index (χ4v) is 3.59. The van der Waals surface area contributed by atoms with Crippen molar-refractivity contribution in [3.8, 4) is 12.3 Å². The first kappa shape index (κ1) is 16.6. The van der Waals surface area contributed by atoms with Gasteiger partial charge in [0.25, 0.3) is 0 Å². The summed E-state index contributed by atoms with van der Waals surface area (Å²) in [5.74, 6) is 2.60. The van der Waals surface area contributed by atoms with Crippen molar-refractivity contribution < 1.29 is 23.9 Å². The van der Waals surface area contributed by atoms with E-state index in [0.717, 1.165) is 12.8 Å². The molecule has 2 fully saturated rings. The number of amides is 2. The molecular weight excluding hydrogens is 284 g/mol. The van der Waals surface area contributed by atoms with Gasteiger partial charge in [-0.15, -0.1) is 6.42 Å². The third kappa shape index (κ3) is 2.66. The predicted octanol–water partition coefficient (Wildman–Crippen LogP) is 2.29. The van der Waals surface area contributed by atoms with Crippen molar-refractivity contribution >= 4 is 12.2 Å². The summed E-state index contributed by atoms with van der Waals surface area (Å²) in [5.41, 5.74) is -0.572. The Kier molecular flexibility index (Phi) is 4.39. The van der Waals surface area contributed by atoms with Crippen LogP contribution in [0, 0.1) is 12.3 Å². The molecule has 2 heterocycles. The molecule has 0 aromatic heterocycles. The van der Waals surface area contributed by atoms with E-state index in [1.54, 1.807) is 4.90 Å². The Morgan fingerprint density at radius 2 is 1.91 bits per heavy atom. The van der Waals surface area contributed by atoms with E-state index in [9.17, 15) is 14.7 Å². The molecule has 6 heteroatoms. The molecule has 6 nitrogen and oxygen atoms in total. The zero-order chi connectivity index (χ0) is 16.5. The quantitative estimate of drug-likeness (QED) is 0.596. The van der Waals surface area contributed by atoms with Gasteiger partial charge in [-0.05, 0) is 39.5 Å². The van der Waals surface area contributed by atoms with Crippen molar-refractivity contribution in [2.75, 3.05) is 19.6 Å². The van der Waals surface area contributed by atoms with Crippen LogP contribution in [0.5, 0.6) is 0 Å². The Morgan fingerprint density at radius 3 is 2.32 bits per heavy atom. The van der Waals surface area contributed by atoms with E-state index in [0.29, 0.717) is 19.5 Å². The molecule has 22 heavy (non-hydrogen) atoms. The summed E-state index contributed by atoms with van der Waals surface area (Å²) in [5, 5.41) is 9.79. The number of carbonyl (C=O) groups excluding carboxylic acids is 1. The molecule has 0 saturated carbocycles. The van der Waals surface area contributed by atoms with E-state index >= 15 is 0 Å². The SMILES string of the molecule is C#C[C@H]1C[C@H](OC(=O)N2CCCC2)C[N+]1(C(=O)O)C(C)(C)C. The number of ether oxygens (including phenoxy) is 1. The van der Waals surface area contributed by atoms with Crippen molar-refractivity contribution in [1.29, 1.82) is 0 Å². The Bertz CT molecular complexity index is 499. The van der Waals surface area contributed by atoms with Crippen molar-refractivity contribution in [3.05, 3.63) is 0 Å². The molecular formula is C16H25N2O4+. The van der Waals surface area contributed by atoms with E-state index in [2.05, 4.69) is 5.92 Å². The van der Waals surface area contributed by atoms with Crippen molar-refractivity contribution in [3.63, 3.8) is 0 Å². The molecule has 122 valence electrons. The zero-order valence-electron chi connectivity index (χ0n) is 13.5. The molecule has 2 amide bonds. The highest BCUT2D eigenvalue weighted by Gasteiger charge is 2.60. The van der Waals surface area contributed by atoms with Crippen LogP contribution in [0.3, 0.4) is 0 Å². The minimum Gasteiger partial charge on any atom is -0.440 e. The lowest BCUT2D eigenvalue weighted by Gasteiger charge is -2.42. The van der Waals surface area contributed by atoms with Gasteiger partial charge in [0.2, 0.25) is 0 Å². The minimum atomic E-state index is -0.963. The highest BCUT2D eigenvalue weighted by atomic mass is 16.6. The minimum absolute atomic E-state index is 0.216. The molecule has 2 aliphatic heterocycles. The monoisotopic (exact) mass is 309 g/mol. The highest BCUT2D eigenvalue weighted by Crippen LogP contribution is 2.38. The van der Waals surface area contributed by atoms with Crippen LogP contribution >= 0.6 is 0 Å². The summed E-state index contributed by atoms with van der Waals surface area (Å²) in [7, 11) is 0. The average Bonchev–Trinajstić information content (AvgIpc) is 3.04. The molecule has 2 aliphatic rings. The van der Waals surface area contributed by atoms with Gasteiger partial charge in [0.15, 0.2) is 12.1 Å². The predicted molar refractivity (Wildman–Crippen MR) is 81.2 cm³/mol. The first-order valence-electron chi connectivity index (χ1n) is 7.75. The lowest BCUT2D eigenvalue weighted by atomic mass is 10.00. The molecule has 0 spiro atoms. The summed E-state index contributed by atoms with van der Waals surface area (Å²) >= 11 is 0. The summed E-state index contributed by atoms with van der Waals surface area (Å²) in [6.45, 7) is 7.21. The number of nitrogens with zero attached hydrogens (tertiary/aromatic N) is 2. The fourth-order valence-electron chi connectivity index (χ4n) is 3.59. The third-order valence-electron chi connectivity index (χ3n) is 4.87. The summed E-state index contributed by atoms with van der Waals surface area (Å²) in [6.07, 6.45) is 6.18. The van der Waals surface area contributed by atoms with Gasteiger partial charge in [-0.2, -0.15) is 4.79 Å². The van der Waals surface area contributed by atoms with Gasteiger partial charge >= 0.3 is 12.2 Å². The first-order chi connectivity index (χ1) is 10.2. The molecule has 2 saturated heterocycles. The standard InChI is InChI=1S/C16H24N2O4/c1-5-12-10-13(22-14(19)17-8-6-7-9-17)11-18(12,15(20)21)16(2,3)4/h1,12-13H,6-11H2,2-4H3/p+1/t12-,13-,18?/m0/s1. The normalized spacial score (nSPS) is 31.8. The van der Waals surface area contributed by atoms with E-state index in [4.69, 9.17) is 11.2 Å². The number of quaternary nitrogens is 1. The van der Waals surface area contributed by atoms with Gasteiger partial charge in [0.1, 0.15) is 12.1 Å². The first-order valence-corrected chi connectivity index (χ1v) is 7.75. The number of rotatable bonds is 1. The highest BCUT2D eigenvalue weighted by molar-refractivity contribution is 5.68. The number of likely N-dealkylation sites (tertiary alicyclic amines) is 2. The van der Waals surface area contributed by atoms with Crippen LogP contribution < -0.4 is 0 Å². The molecule has 2 rings (SSSR count). The van der Waals surface area contributed by atoms with Crippen LogP contribution in [0.4, 0.5) is 9.59 Å². The number of hydrogen-bond acceptors (Lipinski definition) is 3. The van der Waals surface area contributed by atoms with Crippen LogP contribution in [0.2, 0.25) is 0 Å². The Balaban J connectivity index is 2.16. The van der Waals surface area contributed by atoms with Gasteiger partial charge in [-0.1, -0.05) is 0 Å². The van der Waals surface area contributed by atoms with Crippen LogP contribution in [-0.4, -0.2) is 64.0 Å². The number of carbonyl (C=O) groups is 2. The fraction of sp³-hybridized carbons (Fsp3) is 0.750. The molecule has 1 unspecified atom stereocenters. The largest absolute Gasteiger partial charge is 0.515 e. The molecule has 0 radical (unpaired) electrons. The van der Waals surface area contributed by atoms with Gasteiger partial charge in [0.05, 0.1) is 6.42 Å². The Hall–Kier alpha value is -1.74. The summed E-state index contributed by atoms with van der Waals surface area (Å²) in [6, 6.07) is -0.492. The van der Waals surface area contributed by atoms with Crippen LogP contribution in [0.1, 0.15) is 40.0 Å². The van der Waals surface area contributed by atoms with Gasteiger partial charge < -0.3 is 14.7 Å². The molecule has 0 aromatic rings. The summed E-state index contributed by atoms with van der Waals surface area (Å²) < 4.78 is 5.28. The Labute approximate surface area is 131 Å². The van der Waals surface area contributed by atoms with E-state index in [-0.39, 0.29) is 17.1 Å². The lowest BCUT2D eigenvalue weighted by molar-refractivity contribution is -0.908. The molecule has 0 bridgehead atoms. The second-order valence-corrected chi connectivity index (χ2v) is 7.12. The zero-order valence-corrected chi connectivity index (χ0v) is 13.5. The van der Waals surface area contributed by atoms with Crippen LogP contribution in [0.25, 0.3) is 0 Å². The molecule has 0 aromatic carbocycles. The maximum absolute atomic E-state index is 12.1. The van der Waals surface area contributed by atoms with Gasteiger partial charge in [-0.3, -0.25) is 0 Å². The van der Waals surface area contributed by atoms with Crippen molar-refractivity contribution in [1.82, 2.24) is 4.90 Å². The topological polar surface area (TPSA) is 66.8 Å². The van der Waals surface area contributed by atoms with Crippen LogP contribution in [-0.2, 0) is 4.74 Å². The van der Waals surface area contributed by atoms with Crippen molar-refractivity contribution in [2.24, 2.45) is 0 Å². The van der Waals surface area contributed by atoms with E-state index in [1.807, 2.05) is 20.8 Å². The number of carboxylic acid groups (broad SMARTS) is 1. The maximum Gasteiger partial charge on any atom is 0.515 e. The second-order valence-electron chi connectivity index (χ2n) is 7.12. The van der Waals surface area contributed by atoms with Crippen molar-refractivity contribution in [2.45, 2.75) is 57.7 Å². The average molecular weight is 309 g/mol. The Morgan fingerprint density at radius 1 is 1.32 bits per heavy atom. The maximum atomic E-state index is 12.1. The summed E-state index contributed by atoms with van der Waals surface area (Å²) in [4.78, 5) is 25.8. The molecule has 0 aliphatic carbocycles. The smallest absolute Gasteiger partial charge is 0.440 e.